The predicted molar refractivity (Wildman–Crippen MR) is 98.1 cm³/mol. The van der Waals surface area contributed by atoms with Crippen LogP contribution in [0.3, 0.4) is 0 Å². The minimum absolute atomic E-state index is 0.0556. The van der Waals surface area contributed by atoms with Crippen LogP contribution in [0.5, 0.6) is 5.75 Å². The van der Waals surface area contributed by atoms with Gasteiger partial charge in [0.2, 0.25) is 15.9 Å². The Balaban J connectivity index is 2.01. The molecule has 2 rings (SSSR count). The lowest BCUT2D eigenvalue weighted by Gasteiger charge is -2.11. The number of sulfonamides is 1. The zero-order valence-corrected chi connectivity index (χ0v) is 16.0. The number of hydrogen-bond acceptors (Lipinski definition) is 5. The van der Waals surface area contributed by atoms with Crippen molar-refractivity contribution in [1.29, 1.82) is 0 Å². The van der Waals surface area contributed by atoms with E-state index in [2.05, 4.69) is 10.0 Å². The van der Waals surface area contributed by atoms with Crippen molar-refractivity contribution in [2.75, 3.05) is 0 Å². The van der Waals surface area contributed by atoms with E-state index in [0.29, 0.717) is 12.3 Å². The summed E-state index contributed by atoms with van der Waals surface area (Å²) in [6.07, 6.45) is 0.0556. The smallest absolute Gasteiger partial charge is 0.250 e. The SMILES string of the molecule is CC(=O)NCc1ccc(S(=O)(=O)NCc2cccc(OC(C)C)c2)s1. The van der Waals surface area contributed by atoms with Gasteiger partial charge in [0.25, 0.3) is 0 Å². The topological polar surface area (TPSA) is 84.5 Å². The van der Waals surface area contributed by atoms with Crippen LogP contribution in [-0.2, 0) is 27.9 Å². The number of hydrogen-bond donors (Lipinski definition) is 2. The van der Waals surface area contributed by atoms with Gasteiger partial charge in [0.05, 0.1) is 12.6 Å². The summed E-state index contributed by atoms with van der Waals surface area (Å²) < 4.78 is 33.2. The number of thiophene rings is 1. The Kier molecular flexibility index (Phi) is 6.57. The first-order chi connectivity index (χ1) is 11.8. The maximum Gasteiger partial charge on any atom is 0.250 e. The molecule has 2 aromatic rings. The van der Waals surface area contributed by atoms with E-state index in [1.165, 1.54) is 6.92 Å². The van der Waals surface area contributed by atoms with Crippen LogP contribution in [0.25, 0.3) is 0 Å². The summed E-state index contributed by atoms with van der Waals surface area (Å²) in [5, 5.41) is 2.65. The zero-order chi connectivity index (χ0) is 18.4. The fourth-order valence-electron chi connectivity index (χ4n) is 2.06. The molecule has 0 radical (unpaired) electrons. The van der Waals surface area contributed by atoms with Crippen LogP contribution in [0.1, 0.15) is 31.2 Å². The number of rotatable bonds is 8. The van der Waals surface area contributed by atoms with Crippen molar-refractivity contribution < 1.29 is 17.9 Å². The van der Waals surface area contributed by atoms with Gasteiger partial charge in [-0.05, 0) is 43.7 Å². The molecule has 0 aliphatic heterocycles. The molecular weight excluding hydrogens is 360 g/mol. The number of amides is 1. The highest BCUT2D eigenvalue weighted by Gasteiger charge is 2.16. The van der Waals surface area contributed by atoms with Gasteiger partial charge in [-0.1, -0.05) is 12.1 Å². The molecule has 0 spiro atoms. The average Bonchev–Trinajstić information content (AvgIpc) is 3.01. The normalized spacial score (nSPS) is 11.5. The molecule has 0 saturated heterocycles. The Morgan fingerprint density at radius 2 is 1.96 bits per heavy atom. The molecule has 0 aliphatic carbocycles. The summed E-state index contributed by atoms with van der Waals surface area (Å²) in [5.74, 6) is 0.555. The van der Waals surface area contributed by atoms with Gasteiger partial charge >= 0.3 is 0 Å². The zero-order valence-electron chi connectivity index (χ0n) is 14.4. The Hall–Kier alpha value is -1.90. The molecule has 0 unspecified atom stereocenters. The first kappa shape index (κ1) is 19.4. The van der Waals surface area contributed by atoms with E-state index in [4.69, 9.17) is 4.74 Å². The van der Waals surface area contributed by atoms with Gasteiger partial charge in [0.15, 0.2) is 0 Å². The maximum atomic E-state index is 12.4. The van der Waals surface area contributed by atoms with Crippen molar-refractivity contribution >= 4 is 27.3 Å². The molecule has 0 saturated carbocycles. The summed E-state index contributed by atoms with van der Waals surface area (Å²) in [7, 11) is -3.60. The van der Waals surface area contributed by atoms with Crippen LogP contribution in [0.2, 0.25) is 0 Å². The Morgan fingerprint density at radius 1 is 1.20 bits per heavy atom. The van der Waals surface area contributed by atoms with Crippen molar-refractivity contribution in [3.05, 3.63) is 46.8 Å². The summed E-state index contributed by atoms with van der Waals surface area (Å²) in [6.45, 7) is 5.79. The second kappa shape index (κ2) is 8.46. The lowest BCUT2D eigenvalue weighted by Crippen LogP contribution is -2.22. The summed E-state index contributed by atoms with van der Waals surface area (Å²) in [6, 6.07) is 10.6. The van der Waals surface area contributed by atoms with Gasteiger partial charge < -0.3 is 10.1 Å². The lowest BCUT2D eigenvalue weighted by atomic mass is 10.2. The molecule has 1 amide bonds. The quantitative estimate of drug-likeness (QED) is 0.735. The van der Waals surface area contributed by atoms with Crippen molar-refractivity contribution in [3.8, 4) is 5.75 Å². The second-order valence-corrected chi connectivity index (χ2v) is 8.93. The van der Waals surface area contributed by atoms with Gasteiger partial charge in [-0.2, -0.15) is 0 Å². The monoisotopic (exact) mass is 382 g/mol. The molecule has 0 aliphatic rings. The molecule has 1 aromatic heterocycles. The van der Waals surface area contributed by atoms with Crippen molar-refractivity contribution in [2.24, 2.45) is 0 Å². The minimum Gasteiger partial charge on any atom is -0.491 e. The average molecular weight is 383 g/mol. The first-order valence-electron chi connectivity index (χ1n) is 7.84. The molecule has 25 heavy (non-hydrogen) atoms. The van der Waals surface area contributed by atoms with Crippen molar-refractivity contribution in [3.63, 3.8) is 0 Å². The molecular formula is C17H22N2O4S2. The maximum absolute atomic E-state index is 12.4. The Bertz CT molecular complexity index is 829. The molecule has 1 aromatic carbocycles. The van der Waals surface area contributed by atoms with E-state index >= 15 is 0 Å². The Labute approximate surface area is 152 Å². The third-order valence-corrected chi connectivity index (χ3v) is 6.13. The van der Waals surface area contributed by atoms with Crippen molar-refractivity contribution in [1.82, 2.24) is 10.0 Å². The predicted octanol–water partition coefficient (Wildman–Crippen LogP) is 2.65. The largest absolute Gasteiger partial charge is 0.491 e. The van der Waals surface area contributed by atoms with E-state index < -0.39 is 10.0 Å². The molecule has 0 bridgehead atoms. The molecule has 0 fully saturated rings. The summed E-state index contributed by atoms with van der Waals surface area (Å²) >= 11 is 1.14. The highest BCUT2D eigenvalue weighted by Crippen LogP contribution is 2.22. The van der Waals surface area contributed by atoms with Gasteiger partial charge in [-0.25, -0.2) is 13.1 Å². The third kappa shape index (κ3) is 6.15. The fourth-order valence-corrected chi connectivity index (χ4v) is 4.42. The van der Waals surface area contributed by atoms with Crippen LogP contribution in [0, 0.1) is 0 Å². The van der Waals surface area contributed by atoms with Crippen LogP contribution in [0.15, 0.2) is 40.6 Å². The van der Waals surface area contributed by atoms with Gasteiger partial charge in [-0.15, -0.1) is 11.3 Å². The number of carbonyl (C=O) groups is 1. The number of benzene rings is 1. The van der Waals surface area contributed by atoms with Crippen LogP contribution in [-0.4, -0.2) is 20.4 Å². The molecule has 136 valence electrons. The first-order valence-corrected chi connectivity index (χ1v) is 10.1. The van der Waals surface area contributed by atoms with Gasteiger partial charge in [0, 0.05) is 18.3 Å². The van der Waals surface area contributed by atoms with E-state index in [-0.39, 0.29) is 22.8 Å². The molecule has 1 heterocycles. The van der Waals surface area contributed by atoms with Crippen LogP contribution < -0.4 is 14.8 Å². The van der Waals surface area contributed by atoms with Crippen LogP contribution >= 0.6 is 11.3 Å². The summed E-state index contributed by atoms with van der Waals surface area (Å²) in [4.78, 5) is 11.7. The van der Waals surface area contributed by atoms with E-state index in [0.717, 1.165) is 21.8 Å². The Morgan fingerprint density at radius 3 is 2.64 bits per heavy atom. The van der Waals surface area contributed by atoms with Gasteiger partial charge in [0.1, 0.15) is 9.96 Å². The highest BCUT2D eigenvalue weighted by molar-refractivity contribution is 7.91. The fraction of sp³-hybridized carbons (Fsp3) is 0.353. The van der Waals surface area contributed by atoms with E-state index in [1.807, 2.05) is 38.1 Å². The third-order valence-electron chi connectivity index (χ3n) is 3.15. The minimum atomic E-state index is -3.60. The van der Waals surface area contributed by atoms with E-state index in [1.54, 1.807) is 12.1 Å². The molecule has 6 nitrogen and oxygen atoms in total. The van der Waals surface area contributed by atoms with Crippen LogP contribution in [0.4, 0.5) is 0 Å². The van der Waals surface area contributed by atoms with Gasteiger partial charge in [-0.3, -0.25) is 4.79 Å². The number of ether oxygens (including phenoxy) is 1. The summed E-state index contributed by atoms with van der Waals surface area (Å²) in [5.41, 5.74) is 0.816. The molecule has 8 heteroatoms. The second-order valence-electron chi connectivity index (χ2n) is 5.77. The molecule has 0 atom stereocenters. The number of carbonyl (C=O) groups excluding carboxylic acids is 1. The van der Waals surface area contributed by atoms with Crippen molar-refractivity contribution in [2.45, 2.75) is 44.2 Å². The molecule has 2 N–H and O–H groups in total. The van der Waals surface area contributed by atoms with E-state index in [9.17, 15) is 13.2 Å². The number of nitrogens with one attached hydrogen (secondary N) is 2. The standard InChI is InChI=1S/C17H22N2O4S2/c1-12(2)23-15-6-4-5-14(9-15)10-19-25(21,22)17-8-7-16(24-17)11-18-13(3)20/h4-9,12,19H,10-11H2,1-3H3,(H,18,20). The lowest BCUT2D eigenvalue weighted by molar-refractivity contribution is -0.119. The highest BCUT2D eigenvalue weighted by atomic mass is 32.2.